The van der Waals surface area contributed by atoms with Crippen LogP contribution in [0.2, 0.25) is 0 Å². The Kier molecular flexibility index (Phi) is 2.17. The molecule has 2 rings (SSSR count). The smallest absolute Gasteiger partial charge is 0.157 e. The number of rotatable bonds is 3. The lowest BCUT2D eigenvalue weighted by molar-refractivity contribution is -0.121. The second kappa shape index (κ2) is 3.23. The summed E-state index contributed by atoms with van der Waals surface area (Å²) in [6, 6.07) is 0. The standard InChI is InChI=1S/C11H16N2O/c1-7-8(2)12-13(9(7)3)6-11(14)10-4-5-10/h10H,4-6H2,1-3H3. The number of carbonyl (C=O) groups is 1. The summed E-state index contributed by atoms with van der Waals surface area (Å²) >= 11 is 0. The first-order valence-electron chi connectivity index (χ1n) is 5.13. The van der Waals surface area contributed by atoms with Crippen molar-refractivity contribution in [1.82, 2.24) is 9.78 Å². The van der Waals surface area contributed by atoms with Crippen molar-refractivity contribution < 1.29 is 4.79 Å². The molecule has 0 N–H and O–H groups in total. The first-order chi connectivity index (χ1) is 6.59. The molecule has 0 radical (unpaired) electrons. The number of nitrogens with zero attached hydrogens (tertiary/aromatic N) is 2. The van der Waals surface area contributed by atoms with Gasteiger partial charge in [0.25, 0.3) is 0 Å². The average molecular weight is 192 g/mol. The van der Waals surface area contributed by atoms with Gasteiger partial charge in [-0.2, -0.15) is 5.10 Å². The highest BCUT2D eigenvalue weighted by molar-refractivity contribution is 5.82. The molecule has 0 aromatic carbocycles. The third-order valence-electron chi connectivity index (χ3n) is 3.08. The second-order valence-electron chi connectivity index (χ2n) is 4.19. The molecule has 0 amide bonds. The lowest BCUT2D eigenvalue weighted by Gasteiger charge is -2.02. The third kappa shape index (κ3) is 1.59. The Morgan fingerprint density at radius 3 is 2.50 bits per heavy atom. The number of aryl methyl sites for hydroxylation is 1. The Hall–Kier alpha value is -1.12. The molecule has 1 aromatic rings. The Bertz CT molecular complexity index is 375. The fourth-order valence-electron chi connectivity index (χ4n) is 1.62. The maximum Gasteiger partial charge on any atom is 0.157 e. The molecule has 1 heterocycles. The van der Waals surface area contributed by atoms with Crippen LogP contribution in [-0.2, 0) is 11.3 Å². The van der Waals surface area contributed by atoms with E-state index in [1.165, 1.54) is 5.56 Å². The number of hydrogen-bond acceptors (Lipinski definition) is 2. The number of carbonyl (C=O) groups excluding carboxylic acids is 1. The molecule has 0 atom stereocenters. The predicted octanol–water partition coefficient (Wildman–Crippen LogP) is 1.79. The first-order valence-corrected chi connectivity index (χ1v) is 5.13. The van der Waals surface area contributed by atoms with Gasteiger partial charge in [-0.15, -0.1) is 0 Å². The Morgan fingerprint density at radius 2 is 2.07 bits per heavy atom. The molecule has 3 nitrogen and oxygen atoms in total. The van der Waals surface area contributed by atoms with Crippen molar-refractivity contribution in [3.63, 3.8) is 0 Å². The summed E-state index contributed by atoms with van der Waals surface area (Å²) in [5.74, 6) is 0.676. The Balaban J connectivity index is 2.15. The van der Waals surface area contributed by atoms with E-state index in [-0.39, 0.29) is 0 Å². The number of Topliss-reactive ketones (excluding diaryl/α,β-unsaturated/α-hetero) is 1. The minimum Gasteiger partial charge on any atom is -0.297 e. The van der Waals surface area contributed by atoms with Crippen LogP contribution >= 0.6 is 0 Å². The fourth-order valence-corrected chi connectivity index (χ4v) is 1.62. The van der Waals surface area contributed by atoms with Crippen LogP contribution in [-0.4, -0.2) is 15.6 Å². The van der Waals surface area contributed by atoms with Crippen LogP contribution in [0, 0.1) is 26.7 Å². The molecule has 76 valence electrons. The van der Waals surface area contributed by atoms with Gasteiger partial charge in [0, 0.05) is 11.6 Å². The van der Waals surface area contributed by atoms with Crippen LogP contribution in [0.15, 0.2) is 0 Å². The zero-order chi connectivity index (χ0) is 10.3. The Morgan fingerprint density at radius 1 is 1.43 bits per heavy atom. The molecule has 1 aromatic heterocycles. The van der Waals surface area contributed by atoms with Crippen molar-refractivity contribution in [2.24, 2.45) is 5.92 Å². The van der Waals surface area contributed by atoms with Crippen molar-refractivity contribution >= 4 is 5.78 Å². The van der Waals surface area contributed by atoms with Gasteiger partial charge in [0.05, 0.1) is 5.69 Å². The molecule has 3 heteroatoms. The molecule has 1 aliphatic carbocycles. The number of aromatic nitrogens is 2. The summed E-state index contributed by atoms with van der Waals surface area (Å²) in [5.41, 5.74) is 3.36. The normalized spacial score (nSPS) is 15.9. The monoisotopic (exact) mass is 192 g/mol. The van der Waals surface area contributed by atoms with Crippen LogP contribution < -0.4 is 0 Å². The van der Waals surface area contributed by atoms with Crippen LogP contribution in [0.4, 0.5) is 0 Å². The molecule has 1 aliphatic rings. The zero-order valence-electron chi connectivity index (χ0n) is 9.00. The first kappa shape index (κ1) is 9.44. The lowest BCUT2D eigenvalue weighted by atomic mass is 10.2. The molecule has 0 saturated heterocycles. The fraction of sp³-hybridized carbons (Fsp3) is 0.636. The summed E-state index contributed by atoms with van der Waals surface area (Å²) in [4.78, 5) is 11.6. The minimum atomic E-state index is 0.333. The largest absolute Gasteiger partial charge is 0.297 e. The van der Waals surface area contributed by atoms with Crippen LogP contribution in [0.1, 0.15) is 29.8 Å². The zero-order valence-corrected chi connectivity index (χ0v) is 9.00. The highest BCUT2D eigenvalue weighted by atomic mass is 16.1. The molecular weight excluding hydrogens is 176 g/mol. The predicted molar refractivity (Wildman–Crippen MR) is 54.2 cm³/mol. The van der Waals surface area contributed by atoms with E-state index >= 15 is 0 Å². The summed E-state index contributed by atoms with van der Waals surface area (Å²) in [6.45, 7) is 6.52. The van der Waals surface area contributed by atoms with E-state index in [2.05, 4.69) is 12.0 Å². The topological polar surface area (TPSA) is 34.9 Å². The van der Waals surface area contributed by atoms with Crippen molar-refractivity contribution in [1.29, 1.82) is 0 Å². The molecule has 0 spiro atoms. The van der Waals surface area contributed by atoms with Gasteiger partial charge in [0.15, 0.2) is 5.78 Å². The van der Waals surface area contributed by atoms with E-state index in [1.807, 2.05) is 18.5 Å². The van der Waals surface area contributed by atoms with Gasteiger partial charge in [-0.1, -0.05) is 0 Å². The molecule has 1 fully saturated rings. The van der Waals surface area contributed by atoms with Crippen LogP contribution in [0.5, 0.6) is 0 Å². The SMILES string of the molecule is Cc1nn(CC(=O)C2CC2)c(C)c1C. The van der Waals surface area contributed by atoms with E-state index in [1.54, 1.807) is 0 Å². The van der Waals surface area contributed by atoms with Gasteiger partial charge in [0.1, 0.15) is 6.54 Å². The Labute approximate surface area is 84.1 Å². The van der Waals surface area contributed by atoms with E-state index in [0.29, 0.717) is 18.2 Å². The van der Waals surface area contributed by atoms with E-state index in [0.717, 1.165) is 24.2 Å². The average Bonchev–Trinajstić information content (AvgIpc) is 2.93. The quantitative estimate of drug-likeness (QED) is 0.731. The van der Waals surface area contributed by atoms with Gasteiger partial charge in [0.2, 0.25) is 0 Å². The summed E-state index contributed by atoms with van der Waals surface area (Å²) in [6.07, 6.45) is 2.16. The van der Waals surface area contributed by atoms with Crippen molar-refractivity contribution in [2.45, 2.75) is 40.2 Å². The van der Waals surface area contributed by atoms with Crippen LogP contribution in [0.25, 0.3) is 0 Å². The van der Waals surface area contributed by atoms with Crippen molar-refractivity contribution in [3.8, 4) is 0 Å². The summed E-state index contributed by atoms with van der Waals surface area (Å²) in [7, 11) is 0. The third-order valence-corrected chi connectivity index (χ3v) is 3.08. The number of hydrogen-bond donors (Lipinski definition) is 0. The highest BCUT2D eigenvalue weighted by Crippen LogP contribution is 2.30. The maximum absolute atomic E-state index is 11.6. The van der Waals surface area contributed by atoms with Gasteiger partial charge < -0.3 is 0 Å². The molecule has 14 heavy (non-hydrogen) atoms. The molecular formula is C11H16N2O. The van der Waals surface area contributed by atoms with Crippen molar-refractivity contribution in [2.75, 3.05) is 0 Å². The van der Waals surface area contributed by atoms with Gasteiger partial charge in [-0.3, -0.25) is 9.48 Å². The molecule has 0 aliphatic heterocycles. The van der Waals surface area contributed by atoms with Crippen molar-refractivity contribution in [3.05, 3.63) is 17.0 Å². The van der Waals surface area contributed by atoms with E-state index < -0.39 is 0 Å². The van der Waals surface area contributed by atoms with Crippen LogP contribution in [0.3, 0.4) is 0 Å². The summed E-state index contributed by atoms with van der Waals surface area (Å²) in [5, 5.41) is 4.36. The lowest BCUT2D eigenvalue weighted by Crippen LogP contribution is -2.14. The maximum atomic E-state index is 11.6. The molecule has 0 unspecified atom stereocenters. The molecule has 1 saturated carbocycles. The highest BCUT2D eigenvalue weighted by Gasteiger charge is 2.29. The molecule has 0 bridgehead atoms. The number of ketones is 1. The summed E-state index contributed by atoms with van der Waals surface area (Å²) < 4.78 is 1.84. The second-order valence-corrected chi connectivity index (χ2v) is 4.19. The van der Waals surface area contributed by atoms with Gasteiger partial charge in [-0.25, -0.2) is 0 Å². The van der Waals surface area contributed by atoms with Gasteiger partial charge >= 0.3 is 0 Å². The van der Waals surface area contributed by atoms with Gasteiger partial charge in [-0.05, 0) is 39.2 Å². The minimum absolute atomic E-state index is 0.333. The van der Waals surface area contributed by atoms with E-state index in [9.17, 15) is 4.79 Å². The van der Waals surface area contributed by atoms with E-state index in [4.69, 9.17) is 0 Å².